The lowest BCUT2D eigenvalue weighted by atomic mass is 10.2. The second-order valence-electron chi connectivity index (χ2n) is 4.51. The zero-order chi connectivity index (χ0) is 12.2. The van der Waals surface area contributed by atoms with Gasteiger partial charge in [0.25, 0.3) is 0 Å². The Morgan fingerprint density at radius 3 is 2.75 bits per heavy atom. The molecule has 1 heterocycles. The Labute approximate surface area is 108 Å². The predicted molar refractivity (Wildman–Crippen MR) is 71.5 cm³/mol. The molecule has 1 N–H and O–H groups in total. The maximum absolute atomic E-state index is 11.7. The molecule has 0 fully saturated rings. The minimum atomic E-state index is -0.994. The summed E-state index contributed by atoms with van der Waals surface area (Å²) in [6.45, 7) is 6.58. The number of pyridine rings is 1. The Balaban J connectivity index is 2.36. The minimum absolute atomic E-state index is 0.209. The number of aromatic nitrogens is 1. The van der Waals surface area contributed by atoms with Gasteiger partial charge in [-0.1, -0.05) is 0 Å². The molecule has 0 bridgehead atoms. The quantitative estimate of drug-likeness (QED) is 0.686. The maximum atomic E-state index is 11.7. The van der Waals surface area contributed by atoms with Crippen LogP contribution < -0.4 is 4.72 Å². The van der Waals surface area contributed by atoms with Gasteiger partial charge in [0.1, 0.15) is 9.35 Å². The van der Waals surface area contributed by atoms with Crippen LogP contribution in [0.3, 0.4) is 0 Å². The molecule has 0 aliphatic heterocycles. The van der Waals surface area contributed by atoms with Crippen molar-refractivity contribution in [1.82, 2.24) is 9.71 Å². The van der Waals surface area contributed by atoms with Gasteiger partial charge < -0.3 is 4.55 Å². The Morgan fingerprint density at radius 1 is 1.50 bits per heavy atom. The van der Waals surface area contributed by atoms with Crippen molar-refractivity contribution in [3.05, 3.63) is 28.5 Å². The zero-order valence-electron chi connectivity index (χ0n) is 9.79. The summed E-state index contributed by atoms with van der Waals surface area (Å²) in [7, 11) is 0. The van der Waals surface area contributed by atoms with Crippen LogP contribution in [-0.4, -0.2) is 20.8 Å². The van der Waals surface area contributed by atoms with E-state index in [1.807, 2.05) is 32.9 Å². The fraction of sp³-hybridized carbons (Fsp3) is 0.545. The van der Waals surface area contributed by atoms with Crippen molar-refractivity contribution in [3.8, 4) is 0 Å². The molecule has 1 aromatic heterocycles. The summed E-state index contributed by atoms with van der Waals surface area (Å²) in [5, 5.41) is 0. The molecule has 90 valence electrons. The Morgan fingerprint density at radius 2 is 2.19 bits per heavy atom. The summed E-state index contributed by atoms with van der Waals surface area (Å²) in [4.78, 5) is 4.06. The van der Waals surface area contributed by atoms with Crippen molar-refractivity contribution in [2.45, 2.75) is 31.9 Å². The summed E-state index contributed by atoms with van der Waals surface area (Å²) < 4.78 is 15.4. The topological polar surface area (TPSA) is 48.0 Å². The second-order valence-corrected chi connectivity index (χ2v) is 7.38. The van der Waals surface area contributed by atoms with E-state index in [1.165, 1.54) is 5.56 Å². The van der Waals surface area contributed by atoms with E-state index in [9.17, 15) is 4.55 Å². The van der Waals surface area contributed by atoms with Gasteiger partial charge in [-0.2, -0.15) is 0 Å². The minimum Gasteiger partial charge on any atom is -0.598 e. The molecule has 5 heteroatoms. The third-order valence-electron chi connectivity index (χ3n) is 1.99. The fourth-order valence-corrected chi connectivity index (χ4v) is 2.24. The highest BCUT2D eigenvalue weighted by atomic mass is 79.9. The summed E-state index contributed by atoms with van der Waals surface area (Å²) in [5.41, 5.74) is 1.18. The van der Waals surface area contributed by atoms with Crippen molar-refractivity contribution in [3.63, 3.8) is 0 Å². The van der Waals surface area contributed by atoms with E-state index in [0.717, 1.165) is 11.0 Å². The van der Waals surface area contributed by atoms with Crippen LogP contribution in [0, 0.1) is 0 Å². The lowest BCUT2D eigenvalue weighted by molar-refractivity contribution is 0.544. The van der Waals surface area contributed by atoms with E-state index in [1.54, 1.807) is 6.20 Å². The molecule has 0 aliphatic rings. The van der Waals surface area contributed by atoms with Crippen molar-refractivity contribution >= 4 is 27.3 Å². The number of halogens is 1. The number of nitrogens with zero attached hydrogens (tertiary/aromatic N) is 1. The molecule has 0 saturated carbocycles. The lowest BCUT2D eigenvalue weighted by Gasteiger charge is -2.23. The molecular weight excluding hydrogens is 288 g/mol. The molecule has 1 atom stereocenters. The molecule has 0 aliphatic carbocycles. The van der Waals surface area contributed by atoms with E-state index >= 15 is 0 Å². The van der Waals surface area contributed by atoms with E-state index in [-0.39, 0.29) is 4.75 Å². The number of nitrogens with one attached hydrogen (secondary N) is 1. The van der Waals surface area contributed by atoms with Crippen LogP contribution in [0.25, 0.3) is 0 Å². The van der Waals surface area contributed by atoms with Crippen molar-refractivity contribution in [1.29, 1.82) is 0 Å². The Kier molecular flexibility index (Phi) is 5.24. The molecule has 0 spiro atoms. The highest BCUT2D eigenvalue weighted by Gasteiger charge is 2.25. The smallest absolute Gasteiger partial charge is 0.136 e. The molecule has 0 amide bonds. The molecule has 1 aromatic rings. The molecule has 1 unspecified atom stereocenters. The zero-order valence-corrected chi connectivity index (χ0v) is 12.2. The van der Waals surface area contributed by atoms with Crippen LogP contribution in [0.15, 0.2) is 22.9 Å². The van der Waals surface area contributed by atoms with Gasteiger partial charge in [-0.3, -0.25) is 0 Å². The van der Waals surface area contributed by atoms with Crippen LogP contribution >= 0.6 is 15.9 Å². The number of hydrogen-bond donors (Lipinski definition) is 1. The first-order chi connectivity index (χ1) is 7.39. The molecule has 0 radical (unpaired) electrons. The van der Waals surface area contributed by atoms with E-state index in [2.05, 4.69) is 25.6 Å². The van der Waals surface area contributed by atoms with Crippen LogP contribution in [0.1, 0.15) is 26.3 Å². The summed E-state index contributed by atoms with van der Waals surface area (Å²) in [6, 6.07) is 3.94. The largest absolute Gasteiger partial charge is 0.598 e. The van der Waals surface area contributed by atoms with Gasteiger partial charge >= 0.3 is 0 Å². The van der Waals surface area contributed by atoms with E-state index < -0.39 is 11.4 Å². The molecule has 16 heavy (non-hydrogen) atoms. The maximum Gasteiger partial charge on any atom is 0.136 e. The molecule has 0 saturated heterocycles. The van der Waals surface area contributed by atoms with Crippen LogP contribution in [0.4, 0.5) is 0 Å². The number of rotatable bonds is 4. The normalized spacial score (nSPS) is 13.8. The standard InChI is InChI=1S/C11H17BrN2OS/c1-11(2,3)16(15)14-7-5-9-4-6-13-10(12)8-9/h4,6,8,14H,5,7H2,1-3H3. The van der Waals surface area contributed by atoms with Gasteiger partial charge in [-0.15, -0.1) is 4.72 Å². The van der Waals surface area contributed by atoms with E-state index in [0.29, 0.717) is 6.54 Å². The van der Waals surface area contributed by atoms with Crippen LogP contribution in [0.2, 0.25) is 0 Å². The van der Waals surface area contributed by atoms with E-state index in [4.69, 9.17) is 0 Å². The average Bonchev–Trinajstić information content (AvgIpc) is 2.16. The summed E-state index contributed by atoms with van der Waals surface area (Å²) >= 11 is 2.33. The number of hydrogen-bond acceptors (Lipinski definition) is 3. The van der Waals surface area contributed by atoms with Crippen LogP contribution in [-0.2, 0) is 17.8 Å². The van der Waals surface area contributed by atoms with Gasteiger partial charge in [-0.25, -0.2) is 4.98 Å². The van der Waals surface area contributed by atoms with Crippen LogP contribution in [0.5, 0.6) is 0 Å². The molecule has 0 aromatic carbocycles. The van der Waals surface area contributed by atoms with Crippen molar-refractivity contribution in [2.75, 3.05) is 6.54 Å². The van der Waals surface area contributed by atoms with Gasteiger partial charge in [0.2, 0.25) is 0 Å². The van der Waals surface area contributed by atoms with Gasteiger partial charge in [0.05, 0.1) is 0 Å². The molecular formula is C11H17BrN2OS. The lowest BCUT2D eigenvalue weighted by Crippen LogP contribution is -2.40. The first-order valence-corrected chi connectivity index (χ1v) is 7.09. The van der Waals surface area contributed by atoms with Gasteiger partial charge in [0, 0.05) is 24.1 Å². The first-order valence-electron chi connectivity index (χ1n) is 5.15. The summed E-state index contributed by atoms with van der Waals surface area (Å²) in [5.74, 6) is 0. The van der Waals surface area contributed by atoms with Gasteiger partial charge in [-0.05, 0) is 60.8 Å². The Hall–Kier alpha value is -0.100. The average molecular weight is 305 g/mol. The van der Waals surface area contributed by atoms with Gasteiger partial charge in [0.15, 0.2) is 0 Å². The molecule has 1 rings (SSSR count). The third-order valence-corrected chi connectivity index (χ3v) is 4.01. The van der Waals surface area contributed by atoms with Crippen molar-refractivity contribution < 1.29 is 4.55 Å². The monoisotopic (exact) mass is 304 g/mol. The predicted octanol–water partition coefficient (Wildman–Crippen LogP) is 2.44. The fourth-order valence-electron chi connectivity index (χ4n) is 1.10. The summed E-state index contributed by atoms with van der Waals surface area (Å²) in [6.07, 6.45) is 2.61. The first kappa shape index (κ1) is 14.0. The Bertz CT molecular complexity index is 341. The SMILES string of the molecule is CC(C)(C)[S+]([O-])NCCc1ccnc(Br)c1. The third kappa shape index (κ3) is 4.82. The second kappa shape index (κ2) is 6.00. The highest BCUT2D eigenvalue weighted by Crippen LogP contribution is 2.13. The molecule has 3 nitrogen and oxygen atoms in total. The highest BCUT2D eigenvalue weighted by molar-refractivity contribution is 9.10. The van der Waals surface area contributed by atoms with Crippen molar-refractivity contribution in [2.24, 2.45) is 0 Å².